The van der Waals surface area contributed by atoms with Gasteiger partial charge in [0.25, 0.3) is 0 Å². The fourth-order valence-corrected chi connectivity index (χ4v) is 2.03. The van der Waals surface area contributed by atoms with Crippen LogP contribution in [0.3, 0.4) is 0 Å². The Morgan fingerprint density at radius 1 is 1.44 bits per heavy atom. The molecule has 1 amide bonds. The molecule has 0 atom stereocenters. The van der Waals surface area contributed by atoms with Gasteiger partial charge in [0.15, 0.2) is 0 Å². The van der Waals surface area contributed by atoms with Crippen molar-refractivity contribution in [1.82, 2.24) is 9.88 Å². The van der Waals surface area contributed by atoms with Crippen LogP contribution in [0.25, 0.3) is 0 Å². The van der Waals surface area contributed by atoms with Gasteiger partial charge in [0.05, 0.1) is 6.54 Å². The number of aromatic nitrogens is 1. The smallest absolute Gasteiger partial charge is 0.241 e. The molecule has 2 heterocycles. The minimum Gasteiger partial charge on any atom is -0.389 e. The molecule has 0 spiro atoms. The van der Waals surface area contributed by atoms with Crippen LogP contribution in [0.1, 0.15) is 11.3 Å². The van der Waals surface area contributed by atoms with Crippen LogP contribution >= 0.6 is 12.2 Å². The number of thiocarbonyl (C=S) groups is 1. The van der Waals surface area contributed by atoms with Crippen LogP contribution in [0.4, 0.5) is 5.82 Å². The summed E-state index contributed by atoms with van der Waals surface area (Å²) in [5.41, 5.74) is 7.28. The van der Waals surface area contributed by atoms with Crippen molar-refractivity contribution in [1.29, 1.82) is 0 Å². The van der Waals surface area contributed by atoms with Crippen LogP contribution in [0, 0.1) is 6.92 Å². The van der Waals surface area contributed by atoms with Gasteiger partial charge in [-0.25, -0.2) is 4.98 Å². The molecule has 6 heteroatoms. The van der Waals surface area contributed by atoms with Crippen molar-refractivity contribution in [3.8, 4) is 0 Å². The first-order chi connectivity index (χ1) is 8.47. The largest absolute Gasteiger partial charge is 0.389 e. The van der Waals surface area contributed by atoms with E-state index in [0.29, 0.717) is 18.1 Å². The Labute approximate surface area is 112 Å². The number of hydrogen-bond donors (Lipinski definition) is 1. The lowest BCUT2D eigenvalue weighted by molar-refractivity contribution is -0.129. The molecule has 5 nitrogen and oxygen atoms in total. The van der Waals surface area contributed by atoms with E-state index < -0.39 is 0 Å². The molecule has 1 fully saturated rings. The molecular weight excluding hydrogens is 248 g/mol. The van der Waals surface area contributed by atoms with Gasteiger partial charge in [-0.05, 0) is 19.1 Å². The summed E-state index contributed by atoms with van der Waals surface area (Å²) in [6, 6.07) is 3.69. The van der Waals surface area contributed by atoms with Crippen LogP contribution in [-0.4, -0.2) is 47.5 Å². The van der Waals surface area contributed by atoms with Crippen molar-refractivity contribution in [3.63, 3.8) is 0 Å². The van der Waals surface area contributed by atoms with Crippen LogP contribution < -0.4 is 10.6 Å². The molecule has 2 N–H and O–H groups in total. The molecule has 1 aromatic heterocycles. The fourth-order valence-electron chi connectivity index (χ4n) is 1.91. The first-order valence-corrected chi connectivity index (χ1v) is 6.15. The van der Waals surface area contributed by atoms with Crippen molar-refractivity contribution < 1.29 is 4.79 Å². The van der Waals surface area contributed by atoms with Gasteiger partial charge in [-0.2, -0.15) is 0 Å². The number of carbonyl (C=O) groups is 1. The number of likely N-dealkylation sites (N-methyl/N-ethyl adjacent to an activating group) is 1. The number of hydrogen-bond acceptors (Lipinski definition) is 4. The third-order valence-electron chi connectivity index (χ3n) is 3.01. The van der Waals surface area contributed by atoms with E-state index in [2.05, 4.69) is 4.98 Å². The molecule has 0 unspecified atom stereocenters. The molecule has 0 bridgehead atoms. The maximum Gasteiger partial charge on any atom is 0.241 e. The van der Waals surface area contributed by atoms with Gasteiger partial charge in [-0.15, -0.1) is 0 Å². The molecular formula is C12H16N4OS. The molecule has 0 aliphatic carbocycles. The normalized spacial score (nSPS) is 16.0. The minimum atomic E-state index is 0.0985. The molecule has 2 rings (SSSR count). The summed E-state index contributed by atoms with van der Waals surface area (Å²) in [5, 5.41) is 0. The van der Waals surface area contributed by atoms with Gasteiger partial charge < -0.3 is 15.5 Å². The Bertz CT molecular complexity index is 503. The third kappa shape index (κ3) is 2.59. The lowest BCUT2D eigenvalue weighted by atomic mass is 10.2. The third-order valence-corrected chi connectivity index (χ3v) is 3.24. The van der Waals surface area contributed by atoms with Crippen LogP contribution in [0.15, 0.2) is 12.1 Å². The Morgan fingerprint density at radius 3 is 2.78 bits per heavy atom. The number of nitrogens with two attached hydrogens (primary N) is 1. The minimum absolute atomic E-state index is 0.0985. The first-order valence-electron chi connectivity index (χ1n) is 5.75. The zero-order valence-corrected chi connectivity index (χ0v) is 11.3. The highest BCUT2D eigenvalue weighted by Gasteiger charge is 2.22. The average molecular weight is 264 g/mol. The molecule has 1 aromatic rings. The molecule has 1 aliphatic heterocycles. The second-order valence-electron chi connectivity index (χ2n) is 4.46. The topological polar surface area (TPSA) is 62.5 Å². The summed E-state index contributed by atoms with van der Waals surface area (Å²) in [5.74, 6) is 0.862. The van der Waals surface area contributed by atoms with Gasteiger partial charge in [-0.1, -0.05) is 12.2 Å². The van der Waals surface area contributed by atoms with Gasteiger partial charge in [0.1, 0.15) is 10.8 Å². The molecule has 0 aromatic carbocycles. The quantitative estimate of drug-likeness (QED) is 0.779. The summed E-state index contributed by atoms with van der Waals surface area (Å²) < 4.78 is 0. The van der Waals surface area contributed by atoms with E-state index in [0.717, 1.165) is 23.6 Å². The molecule has 18 heavy (non-hydrogen) atoms. The highest BCUT2D eigenvalue weighted by molar-refractivity contribution is 7.80. The first kappa shape index (κ1) is 12.8. The predicted molar refractivity (Wildman–Crippen MR) is 74.7 cm³/mol. The summed E-state index contributed by atoms with van der Waals surface area (Å²) in [4.78, 5) is 20.2. The van der Waals surface area contributed by atoms with E-state index >= 15 is 0 Å². The maximum atomic E-state index is 11.7. The summed E-state index contributed by atoms with van der Waals surface area (Å²) in [6.45, 7) is 3.72. The lowest BCUT2D eigenvalue weighted by Crippen LogP contribution is -2.48. The molecule has 96 valence electrons. The second kappa shape index (κ2) is 4.89. The number of pyridine rings is 1. The number of nitrogens with zero attached hydrogens (tertiary/aromatic N) is 3. The van der Waals surface area contributed by atoms with Crippen molar-refractivity contribution in [2.45, 2.75) is 6.92 Å². The second-order valence-corrected chi connectivity index (χ2v) is 4.90. The number of carbonyl (C=O) groups excluding carboxylic acids is 1. The van der Waals surface area contributed by atoms with E-state index in [-0.39, 0.29) is 5.91 Å². The standard InChI is InChI=1S/C12H16N4OS/c1-8-5-9(12(13)18)6-10(14-8)16-4-3-15(2)11(17)7-16/h5-6H,3-4,7H2,1-2H3,(H2,13,18). The van der Waals surface area contributed by atoms with Gasteiger partial charge in [0, 0.05) is 31.4 Å². The Balaban J connectivity index is 2.28. The zero-order valence-electron chi connectivity index (χ0n) is 10.5. The number of anilines is 1. The van der Waals surface area contributed by atoms with E-state index in [1.165, 1.54) is 0 Å². The number of piperazine rings is 1. The summed E-state index contributed by atoms with van der Waals surface area (Å²) in [7, 11) is 1.81. The monoisotopic (exact) mass is 264 g/mol. The van der Waals surface area contributed by atoms with Crippen LogP contribution in [0.2, 0.25) is 0 Å². The molecule has 0 saturated carbocycles. The van der Waals surface area contributed by atoms with Crippen molar-refractivity contribution in [2.75, 3.05) is 31.6 Å². The summed E-state index contributed by atoms with van der Waals surface area (Å²) >= 11 is 4.98. The van der Waals surface area contributed by atoms with Crippen molar-refractivity contribution >= 4 is 28.9 Å². The van der Waals surface area contributed by atoms with E-state index in [4.69, 9.17) is 18.0 Å². The Kier molecular flexibility index (Phi) is 3.47. The van der Waals surface area contributed by atoms with Crippen molar-refractivity contribution in [2.24, 2.45) is 5.73 Å². The van der Waals surface area contributed by atoms with Crippen LogP contribution in [0.5, 0.6) is 0 Å². The SMILES string of the molecule is Cc1cc(C(N)=S)cc(N2CCN(C)C(=O)C2)n1. The average Bonchev–Trinajstić information content (AvgIpc) is 2.31. The highest BCUT2D eigenvalue weighted by Crippen LogP contribution is 2.17. The maximum absolute atomic E-state index is 11.7. The zero-order chi connectivity index (χ0) is 13.3. The van der Waals surface area contributed by atoms with Gasteiger partial charge >= 0.3 is 0 Å². The van der Waals surface area contributed by atoms with Crippen molar-refractivity contribution in [3.05, 3.63) is 23.4 Å². The fraction of sp³-hybridized carbons (Fsp3) is 0.417. The van der Waals surface area contributed by atoms with E-state index in [1.807, 2.05) is 31.0 Å². The van der Waals surface area contributed by atoms with E-state index in [9.17, 15) is 4.79 Å². The Hall–Kier alpha value is -1.69. The lowest BCUT2D eigenvalue weighted by Gasteiger charge is -2.33. The van der Waals surface area contributed by atoms with Gasteiger partial charge in [0.2, 0.25) is 5.91 Å². The van der Waals surface area contributed by atoms with Gasteiger partial charge in [-0.3, -0.25) is 4.79 Å². The van der Waals surface area contributed by atoms with E-state index in [1.54, 1.807) is 4.90 Å². The number of rotatable bonds is 2. The molecule has 1 aliphatic rings. The molecule has 1 saturated heterocycles. The molecule has 0 radical (unpaired) electrons. The van der Waals surface area contributed by atoms with Crippen LogP contribution in [-0.2, 0) is 4.79 Å². The number of amides is 1. The predicted octanol–water partition coefficient (Wildman–Crippen LogP) is 0.303. The number of aryl methyl sites for hydroxylation is 1. The summed E-state index contributed by atoms with van der Waals surface area (Å²) in [6.07, 6.45) is 0. The Morgan fingerprint density at radius 2 is 2.17 bits per heavy atom. The highest BCUT2D eigenvalue weighted by atomic mass is 32.1.